The zero-order chi connectivity index (χ0) is 17.2. The molecule has 2 fully saturated rings. The summed E-state index contributed by atoms with van der Waals surface area (Å²) in [5.74, 6) is 0.364. The highest BCUT2D eigenvalue weighted by Crippen LogP contribution is 2.30. The van der Waals surface area contributed by atoms with Gasteiger partial charge in [-0.25, -0.2) is 8.42 Å². The van der Waals surface area contributed by atoms with Gasteiger partial charge in [-0.1, -0.05) is 13.0 Å². The number of morpholine rings is 1. The molecule has 1 amide bonds. The van der Waals surface area contributed by atoms with Crippen molar-refractivity contribution in [3.05, 3.63) is 17.5 Å². The van der Waals surface area contributed by atoms with Crippen molar-refractivity contribution in [1.82, 2.24) is 9.21 Å². The Bertz CT molecular complexity index is 646. The largest absolute Gasteiger partial charge is 0.378 e. The normalized spacial score (nSPS) is 22.5. The Morgan fingerprint density at radius 3 is 2.50 bits per heavy atom. The molecular weight excluding hydrogens is 348 g/mol. The van der Waals surface area contributed by atoms with E-state index in [1.165, 1.54) is 11.3 Å². The zero-order valence-electron chi connectivity index (χ0n) is 13.9. The molecule has 0 N–H and O–H groups in total. The minimum Gasteiger partial charge on any atom is -0.378 e. The van der Waals surface area contributed by atoms with E-state index >= 15 is 0 Å². The van der Waals surface area contributed by atoms with E-state index in [2.05, 4.69) is 0 Å². The van der Waals surface area contributed by atoms with E-state index in [0.29, 0.717) is 43.6 Å². The van der Waals surface area contributed by atoms with Gasteiger partial charge in [0.2, 0.25) is 5.91 Å². The summed E-state index contributed by atoms with van der Waals surface area (Å²) in [6.07, 6.45) is 1.48. The van der Waals surface area contributed by atoms with Crippen LogP contribution in [0.4, 0.5) is 0 Å². The highest BCUT2D eigenvalue weighted by atomic mass is 32.2. The molecule has 1 atom stereocenters. The highest BCUT2D eigenvalue weighted by Gasteiger charge is 2.35. The molecule has 2 saturated heterocycles. The summed E-state index contributed by atoms with van der Waals surface area (Å²) in [6, 6.07) is 3.41. The van der Waals surface area contributed by atoms with Crippen molar-refractivity contribution in [2.24, 2.45) is 11.8 Å². The standard InChI is InChI=1S/C16H24N2O4S2/c1-13(16(19)17-8-10-22-11-9-17)14-4-6-18(7-5-14)24(20,21)15-3-2-12-23-15/h2-3,12-14H,4-11H2,1H3/t13-/m1/s1. The van der Waals surface area contributed by atoms with Gasteiger partial charge in [0.15, 0.2) is 0 Å². The Hall–Kier alpha value is -0.960. The molecular formula is C16H24N2O4S2. The second-order valence-corrected chi connectivity index (χ2v) is 9.51. The third-order valence-electron chi connectivity index (χ3n) is 5.01. The van der Waals surface area contributed by atoms with Crippen molar-refractivity contribution in [2.75, 3.05) is 39.4 Å². The van der Waals surface area contributed by atoms with Gasteiger partial charge in [0, 0.05) is 32.1 Å². The van der Waals surface area contributed by atoms with Crippen LogP contribution < -0.4 is 0 Å². The lowest BCUT2D eigenvalue weighted by atomic mass is 9.85. The van der Waals surface area contributed by atoms with Crippen LogP contribution in [0, 0.1) is 11.8 Å². The van der Waals surface area contributed by atoms with Crippen LogP contribution in [0.2, 0.25) is 0 Å². The molecule has 1 aromatic rings. The first-order valence-corrected chi connectivity index (χ1v) is 10.7. The lowest BCUT2D eigenvalue weighted by Crippen LogP contribution is -2.47. The van der Waals surface area contributed by atoms with E-state index in [1.807, 2.05) is 11.8 Å². The molecule has 1 aromatic heterocycles. The first kappa shape index (κ1) is 17.8. The maximum atomic E-state index is 12.6. The number of piperidine rings is 1. The van der Waals surface area contributed by atoms with Crippen LogP contribution in [0.15, 0.2) is 21.7 Å². The summed E-state index contributed by atoms with van der Waals surface area (Å²) in [4.78, 5) is 14.5. The quantitative estimate of drug-likeness (QED) is 0.806. The van der Waals surface area contributed by atoms with Crippen molar-refractivity contribution in [2.45, 2.75) is 24.0 Å². The predicted octanol–water partition coefficient (Wildman–Crippen LogP) is 1.64. The van der Waals surface area contributed by atoms with Gasteiger partial charge in [-0.05, 0) is 30.2 Å². The van der Waals surface area contributed by atoms with Crippen LogP contribution in [-0.4, -0.2) is 62.9 Å². The molecule has 3 heterocycles. The van der Waals surface area contributed by atoms with Crippen molar-refractivity contribution in [3.63, 3.8) is 0 Å². The summed E-state index contributed by atoms with van der Waals surface area (Å²) in [7, 11) is -3.37. The molecule has 2 aliphatic heterocycles. The second-order valence-electron chi connectivity index (χ2n) is 6.40. The number of hydrogen-bond donors (Lipinski definition) is 0. The summed E-state index contributed by atoms with van der Waals surface area (Å²) in [6.45, 7) is 5.50. The van der Waals surface area contributed by atoms with E-state index in [4.69, 9.17) is 4.74 Å². The van der Waals surface area contributed by atoms with Crippen molar-refractivity contribution < 1.29 is 17.9 Å². The first-order valence-electron chi connectivity index (χ1n) is 8.40. The molecule has 0 aliphatic carbocycles. The fourth-order valence-electron chi connectivity index (χ4n) is 3.43. The van der Waals surface area contributed by atoms with Crippen molar-refractivity contribution in [1.29, 1.82) is 0 Å². The maximum absolute atomic E-state index is 12.6. The van der Waals surface area contributed by atoms with E-state index in [-0.39, 0.29) is 17.7 Å². The van der Waals surface area contributed by atoms with Crippen molar-refractivity contribution >= 4 is 27.3 Å². The van der Waals surface area contributed by atoms with Gasteiger partial charge in [-0.2, -0.15) is 4.31 Å². The number of hydrogen-bond acceptors (Lipinski definition) is 5. The van der Waals surface area contributed by atoms with Crippen LogP contribution in [-0.2, 0) is 19.6 Å². The molecule has 24 heavy (non-hydrogen) atoms. The smallest absolute Gasteiger partial charge is 0.252 e. The van der Waals surface area contributed by atoms with Crippen LogP contribution in [0.3, 0.4) is 0 Å². The number of sulfonamides is 1. The zero-order valence-corrected chi connectivity index (χ0v) is 15.5. The van der Waals surface area contributed by atoms with E-state index in [9.17, 15) is 13.2 Å². The third kappa shape index (κ3) is 3.66. The van der Waals surface area contributed by atoms with E-state index < -0.39 is 10.0 Å². The first-order chi connectivity index (χ1) is 11.5. The molecule has 6 nitrogen and oxygen atoms in total. The van der Waals surface area contributed by atoms with Crippen LogP contribution in [0.1, 0.15) is 19.8 Å². The monoisotopic (exact) mass is 372 g/mol. The number of ether oxygens (including phenoxy) is 1. The van der Waals surface area contributed by atoms with Gasteiger partial charge < -0.3 is 9.64 Å². The summed E-state index contributed by atoms with van der Waals surface area (Å²) >= 11 is 1.25. The number of carbonyl (C=O) groups is 1. The Kier molecular flexibility index (Phi) is 5.59. The topological polar surface area (TPSA) is 66.9 Å². The van der Waals surface area contributed by atoms with Gasteiger partial charge in [-0.3, -0.25) is 4.79 Å². The fraction of sp³-hybridized carbons (Fsp3) is 0.688. The molecule has 0 bridgehead atoms. The van der Waals surface area contributed by atoms with Crippen LogP contribution >= 0.6 is 11.3 Å². The minimum absolute atomic E-state index is 0.0605. The number of carbonyl (C=O) groups excluding carboxylic acids is 1. The van der Waals surface area contributed by atoms with Gasteiger partial charge in [0.25, 0.3) is 10.0 Å². The summed E-state index contributed by atoms with van der Waals surface area (Å²) in [5.41, 5.74) is 0. The average molecular weight is 373 g/mol. The molecule has 8 heteroatoms. The van der Waals surface area contributed by atoms with Gasteiger partial charge in [0.05, 0.1) is 13.2 Å². The predicted molar refractivity (Wildman–Crippen MR) is 92.4 cm³/mol. The molecule has 2 aliphatic rings. The fourth-order valence-corrected chi connectivity index (χ4v) is 6.04. The molecule has 0 unspecified atom stereocenters. The minimum atomic E-state index is -3.37. The lowest BCUT2D eigenvalue weighted by Gasteiger charge is -2.36. The Morgan fingerprint density at radius 1 is 1.25 bits per heavy atom. The third-order valence-corrected chi connectivity index (χ3v) is 8.28. The summed E-state index contributed by atoms with van der Waals surface area (Å²) < 4.78 is 32.4. The Morgan fingerprint density at radius 2 is 1.92 bits per heavy atom. The Balaban J connectivity index is 1.57. The van der Waals surface area contributed by atoms with Gasteiger partial charge >= 0.3 is 0 Å². The summed E-state index contributed by atoms with van der Waals surface area (Å²) in [5, 5.41) is 1.78. The molecule has 134 valence electrons. The average Bonchev–Trinajstić information content (AvgIpc) is 3.17. The molecule has 0 spiro atoms. The molecule has 0 aromatic carbocycles. The van der Waals surface area contributed by atoms with E-state index in [0.717, 1.165) is 12.8 Å². The highest BCUT2D eigenvalue weighted by molar-refractivity contribution is 7.91. The van der Waals surface area contributed by atoms with Gasteiger partial charge in [-0.15, -0.1) is 11.3 Å². The number of thiophene rings is 1. The maximum Gasteiger partial charge on any atom is 0.252 e. The molecule has 3 rings (SSSR count). The number of rotatable bonds is 4. The lowest BCUT2D eigenvalue weighted by molar-refractivity contribution is -0.141. The van der Waals surface area contributed by atoms with Crippen molar-refractivity contribution in [3.8, 4) is 0 Å². The molecule has 0 saturated carbocycles. The van der Waals surface area contributed by atoms with Crippen LogP contribution in [0.25, 0.3) is 0 Å². The number of amides is 1. The second kappa shape index (κ2) is 7.51. The van der Waals surface area contributed by atoms with Crippen LogP contribution in [0.5, 0.6) is 0 Å². The van der Waals surface area contributed by atoms with E-state index in [1.54, 1.807) is 21.8 Å². The van der Waals surface area contributed by atoms with Gasteiger partial charge in [0.1, 0.15) is 4.21 Å². The molecule has 0 radical (unpaired) electrons. The Labute approximate surface area is 147 Å². The SMILES string of the molecule is C[C@@H](C(=O)N1CCOCC1)C1CCN(S(=O)(=O)c2cccs2)CC1. The number of nitrogens with zero attached hydrogens (tertiary/aromatic N) is 2.